The van der Waals surface area contributed by atoms with Crippen molar-refractivity contribution >= 4 is 17.4 Å². The van der Waals surface area contributed by atoms with Gasteiger partial charge in [0.15, 0.2) is 0 Å². The fraction of sp³-hybridized carbons (Fsp3) is 0.161. The number of urea groups is 1. The number of carbonyl (C=O) groups is 1. The standard InChI is InChI=1S/C31H28F2N6O/c1-20-25-19-38(31(40)34-27-16-13-22(32)18-26(27)33)29(21-11-14-23(15-12-21)36(2)3)28-10-7-17-37(28)30(25)39(35-20)24-8-5-4-6-9-24/h4-18,29H,19H2,1-3H3,(H,34,40). The fourth-order valence-electron chi connectivity index (χ4n) is 5.23. The number of fused-ring (bicyclic) bond motifs is 3. The van der Waals surface area contributed by atoms with E-state index < -0.39 is 23.7 Å². The number of carbonyl (C=O) groups excluding carboxylic acids is 1. The highest BCUT2D eigenvalue weighted by Crippen LogP contribution is 2.39. The molecule has 0 saturated carbocycles. The molecule has 1 atom stereocenters. The number of halogens is 2. The van der Waals surface area contributed by atoms with Gasteiger partial charge in [0.1, 0.15) is 17.5 Å². The number of anilines is 2. The lowest BCUT2D eigenvalue weighted by Gasteiger charge is -2.31. The summed E-state index contributed by atoms with van der Waals surface area (Å²) in [5.41, 5.74) is 5.20. The molecule has 7 nitrogen and oxygen atoms in total. The van der Waals surface area contributed by atoms with E-state index in [0.717, 1.165) is 51.8 Å². The minimum atomic E-state index is -0.841. The summed E-state index contributed by atoms with van der Waals surface area (Å²) in [6, 6.07) is 23.9. The summed E-state index contributed by atoms with van der Waals surface area (Å²) in [7, 11) is 3.94. The molecule has 0 spiro atoms. The van der Waals surface area contributed by atoms with Gasteiger partial charge in [0.05, 0.1) is 35.3 Å². The molecule has 1 aliphatic rings. The largest absolute Gasteiger partial charge is 0.378 e. The van der Waals surface area contributed by atoms with E-state index in [0.29, 0.717) is 0 Å². The molecule has 5 aromatic rings. The lowest BCUT2D eigenvalue weighted by Crippen LogP contribution is -2.38. The Bertz CT molecular complexity index is 1690. The first-order valence-electron chi connectivity index (χ1n) is 12.9. The van der Waals surface area contributed by atoms with Crippen molar-refractivity contribution in [1.82, 2.24) is 19.2 Å². The van der Waals surface area contributed by atoms with Crippen LogP contribution in [0.2, 0.25) is 0 Å². The second-order valence-electron chi connectivity index (χ2n) is 10.0. The van der Waals surface area contributed by atoms with Crippen LogP contribution < -0.4 is 10.2 Å². The van der Waals surface area contributed by atoms with E-state index in [1.165, 1.54) is 6.07 Å². The lowest BCUT2D eigenvalue weighted by molar-refractivity contribution is 0.194. The van der Waals surface area contributed by atoms with Gasteiger partial charge in [0.2, 0.25) is 0 Å². The van der Waals surface area contributed by atoms with Crippen molar-refractivity contribution in [2.75, 3.05) is 24.3 Å². The Morgan fingerprint density at radius 1 is 0.975 bits per heavy atom. The second kappa shape index (κ2) is 10.00. The molecule has 1 aliphatic heterocycles. The average molecular weight is 539 g/mol. The number of hydrogen-bond donors (Lipinski definition) is 1. The molecule has 3 aromatic carbocycles. The van der Waals surface area contributed by atoms with Crippen LogP contribution in [0.4, 0.5) is 25.0 Å². The maximum atomic E-state index is 14.6. The molecular weight excluding hydrogens is 510 g/mol. The third-order valence-electron chi connectivity index (χ3n) is 7.25. The highest BCUT2D eigenvalue weighted by atomic mass is 19.1. The van der Waals surface area contributed by atoms with Gasteiger partial charge in [-0.15, -0.1) is 0 Å². The Kier molecular flexibility index (Phi) is 6.34. The average Bonchev–Trinajstić information content (AvgIpc) is 3.51. The van der Waals surface area contributed by atoms with Gasteiger partial charge in [0.25, 0.3) is 0 Å². The Morgan fingerprint density at radius 3 is 2.42 bits per heavy atom. The zero-order chi connectivity index (χ0) is 28.0. The Labute approximate surface area is 230 Å². The van der Waals surface area contributed by atoms with E-state index in [4.69, 9.17) is 5.10 Å². The van der Waals surface area contributed by atoms with Crippen LogP contribution >= 0.6 is 0 Å². The molecule has 202 valence electrons. The summed E-state index contributed by atoms with van der Waals surface area (Å²) in [5, 5.41) is 7.52. The number of nitrogens with one attached hydrogen (secondary N) is 1. The molecule has 2 amide bonds. The van der Waals surface area contributed by atoms with Gasteiger partial charge in [-0.25, -0.2) is 18.3 Å². The first-order valence-corrected chi connectivity index (χ1v) is 12.9. The van der Waals surface area contributed by atoms with Gasteiger partial charge in [-0.2, -0.15) is 5.10 Å². The Hall–Kier alpha value is -4.92. The van der Waals surface area contributed by atoms with E-state index in [-0.39, 0.29) is 12.2 Å². The molecule has 3 heterocycles. The van der Waals surface area contributed by atoms with Crippen LogP contribution in [0, 0.1) is 18.6 Å². The van der Waals surface area contributed by atoms with E-state index >= 15 is 0 Å². The molecule has 2 aromatic heterocycles. The highest BCUT2D eigenvalue weighted by molar-refractivity contribution is 5.90. The number of aromatic nitrogens is 3. The Balaban J connectivity index is 1.52. The van der Waals surface area contributed by atoms with E-state index in [9.17, 15) is 13.6 Å². The van der Waals surface area contributed by atoms with Crippen molar-refractivity contribution < 1.29 is 13.6 Å². The van der Waals surface area contributed by atoms with Crippen LogP contribution in [0.1, 0.15) is 28.6 Å². The van der Waals surface area contributed by atoms with Gasteiger partial charge in [-0.05, 0) is 61.0 Å². The summed E-state index contributed by atoms with van der Waals surface area (Å²) in [6.45, 7) is 2.13. The molecule has 1 unspecified atom stereocenters. The number of aryl methyl sites for hydroxylation is 1. The van der Waals surface area contributed by atoms with Crippen molar-refractivity contribution in [3.05, 3.63) is 125 Å². The van der Waals surface area contributed by atoms with Crippen LogP contribution in [-0.2, 0) is 6.54 Å². The normalized spacial score (nSPS) is 14.3. The lowest BCUT2D eigenvalue weighted by atomic mass is 10.0. The molecule has 0 aliphatic carbocycles. The molecule has 0 saturated heterocycles. The number of benzene rings is 3. The molecule has 0 fully saturated rings. The summed E-state index contributed by atoms with van der Waals surface area (Å²) >= 11 is 0. The van der Waals surface area contributed by atoms with Gasteiger partial charge < -0.3 is 19.7 Å². The number of nitrogens with zero attached hydrogens (tertiary/aromatic N) is 5. The predicted octanol–water partition coefficient (Wildman–Crippen LogP) is 6.45. The predicted molar refractivity (Wildman–Crippen MR) is 151 cm³/mol. The number of para-hydroxylation sites is 1. The SMILES string of the molecule is Cc1nn(-c2ccccc2)c2c1CN(C(=O)Nc1ccc(F)cc1F)C(c1ccc(N(C)C)cc1)c1cccn1-2. The van der Waals surface area contributed by atoms with Crippen LogP contribution in [0.3, 0.4) is 0 Å². The Morgan fingerprint density at radius 2 is 1.73 bits per heavy atom. The zero-order valence-electron chi connectivity index (χ0n) is 22.3. The molecule has 40 heavy (non-hydrogen) atoms. The minimum absolute atomic E-state index is 0.0929. The topological polar surface area (TPSA) is 58.3 Å². The number of rotatable bonds is 4. The van der Waals surface area contributed by atoms with Gasteiger partial charge in [-0.1, -0.05) is 30.3 Å². The van der Waals surface area contributed by atoms with Crippen molar-refractivity contribution in [2.45, 2.75) is 19.5 Å². The summed E-state index contributed by atoms with van der Waals surface area (Å²) in [5.74, 6) is -0.718. The highest BCUT2D eigenvalue weighted by Gasteiger charge is 2.36. The smallest absolute Gasteiger partial charge is 0.323 e. The summed E-state index contributed by atoms with van der Waals surface area (Å²) in [4.78, 5) is 17.6. The van der Waals surface area contributed by atoms with E-state index in [1.807, 2.05) is 104 Å². The maximum absolute atomic E-state index is 14.6. The van der Waals surface area contributed by atoms with Gasteiger partial charge >= 0.3 is 6.03 Å². The third-order valence-corrected chi connectivity index (χ3v) is 7.25. The van der Waals surface area contributed by atoms with Crippen molar-refractivity contribution in [1.29, 1.82) is 0 Å². The van der Waals surface area contributed by atoms with Crippen LogP contribution in [0.15, 0.2) is 91.1 Å². The van der Waals surface area contributed by atoms with Gasteiger partial charge in [-0.3, -0.25) is 0 Å². The fourth-order valence-corrected chi connectivity index (χ4v) is 5.23. The molecule has 0 radical (unpaired) electrons. The molecule has 6 rings (SSSR count). The monoisotopic (exact) mass is 538 g/mol. The van der Waals surface area contributed by atoms with Crippen molar-refractivity contribution in [3.8, 4) is 11.5 Å². The molecule has 1 N–H and O–H groups in total. The molecule has 0 bridgehead atoms. The molecule has 9 heteroatoms. The first-order chi connectivity index (χ1) is 19.3. The van der Waals surface area contributed by atoms with E-state index in [2.05, 4.69) is 9.88 Å². The maximum Gasteiger partial charge on any atom is 0.323 e. The van der Waals surface area contributed by atoms with Crippen molar-refractivity contribution in [2.24, 2.45) is 0 Å². The summed E-state index contributed by atoms with van der Waals surface area (Å²) in [6.07, 6.45) is 1.97. The minimum Gasteiger partial charge on any atom is -0.378 e. The van der Waals surface area contributed by atoms with Crippen LogP contribution in [-0.4, -0.2) is 39.4 Å². The zero-order valence-corrected chi connectivity index (χ0v) is 22.3. The summed E-state index contributed by atoms with van der Waals surface area (Å²) < 4.78 is 32.1. The van der Waals surface area contributed by atoms with Crippen LogP contribution in [0.25, 0.3) is 11.5 Å². The quantitative estimate of drug-likeness (QED) is 0.286. The number of amides is 2. The van der Waals surface area contributed by atoms with E-state index in [1.54, 1.807) is 4.90 Å². The number of hydrogen-bond acceptors (Lipinski definition) is 3. The molecular formula is C31H28F2N6O. The first kappa shape index (κ1) is 25.4. The van der Waals surface area contributed by atoms with Gasteiger partial charge in [0, 0.05) is 37.6 Å². The van der Waals surface area contributed by atoms with Crippen LogP contribution in [0.5, 0.6) is 0 Å². The van der Waals surface area contributed by atoms with Crippen molar-refractivity contribution in [3.63, 3.8) is 0 Å². The second-order valence-corrected chi connectivity index (χ2v) is 10.0. The third kappa shape index (κ3) is 4.39.